The second kappa shape index (κ2) is 4.14. The van der Waals surface area contributed by atoms with Crippen molar-refractivity contribution in [3.63, 3.8) is 0 Å². The monoisotopic (exact) mass is 200 g/mol. The molecule has 0 atom stereocenters. The van der Waals surface area contributed by atoms with Gasteiger partial charge in [-0.05, 0) is 36.3 Å². The standard InChI is InChI=1S/C8H16O2Si2/c1-7-8(2)12(10-4)6-5-11(7)9-3/h5-6H2,1-4H3. The van der Waals surface area contributed by atoms with Crippen LogP contribution in [0.5, 0.6) is 0 Å². The highest BCUT2D eigenvalue weighted by molar-refractivity contribution is 6.95. The number of hydrogen-bond donors (Lipinski definition) is 0. The molecule has 1 aliphatic heterocycles. The van der Waals surface area contributed by atoms with E-state index in [4.69, 9.17) is 8.85 Å². The summed E-state index contributed by atoms with van der Waals surface area (Å²) in [7, 11) is 2.40. The molecule has 0 fully saturated rings. The maximum atomic E-state index is 5.47. The van der Waals surface area contributed by atoms with E-state index in [1.807, 2.05) is 14.2 Å². The summed E-state index contributed by atoms with van der Waals surface area (Å²) >= 11 is 0. The summed E-state index contributed by atoms with van der Waals surface area (Å²) in [5, 5.41) is 2.98. The molecule has 2 nitrogen and oxygen atoms in total. The van der Waals surface area contributed by atoms with Gasteiger partial charge in [-0.3, -0.25) is 0 Å². The van der Waals surface area contributed by atoms with Crippen LogP contribution < -0.4 is 0 Å². The van der Waals surface area contributed by atoms with Crippen LogP contribution in [-0.2, 0) is 8.85 Å². The SMILES string of the molecule is CO[Si]1=C(C)C(C)=[Si](OC)CC1. The molecule has 0 aliphatic carbocycles. The average Bonchev–Trinajstić information content (AvgIpc) is 2.10. The molecule has 0 amide bonds. The molecular formula is C8H16O2Si2. The van der Waals surface area contributed by atoms with Crippen molar-refractivity contribution in [2.75, 3.05) is 14.2 Å². The molecule has 0 saturated heterocycles. The van der Waals surface area contributed by atoms with Gasteiger partial charge in [0.05, 0.1) is 14.2 Å². The lowest BCUT2D eigenvalue weighted by Crippen LogP contribution is -2.34. The molecule has 0 N–H and O–H groups in total. The predicted molar refractivity (Wildman–Crippen MR) is 56.5 cm³/mol. The van der Waals surface area contributed by atoms with E-state index in [0.717, 1.165) is 0 Å². The lowest BCUT2D eigenvalue weighted by molar-refractivity contribution is 0.427. The topological polar surface area (TPSA) is 18.5 Å². The molecule has 0 saturated carbocycles. The molecule has 4 heteroatoms. The Morgan fingerprint density at radius 3 is 1.50 bits per heavy atom. The van der Waals surface area contributed by atoms with Gasteiger partial charge in [0.25, 0.3) is 0 Å². The smallest absolute Gasteiger partial charge is 0.234 e. The van der Waals surface area contributed by atoms with Crippen LogP contribution >= 0.6 is 0 Å². The van der Waals surface area contributed by atoms with E-state index in [2.05, 4.69) is 13.8 Å². The fourth-order valence-electron chi connectivity index (χ4n) is 1.53. The molecule has 0 aromatic rings. The first-order valence-electron chi connectivity index (χ1n) is 4.18. The Bertz CT molecular complexity index is 217. The van der Waals surface area contributed by atoms with E-state index in [0.29, 0.717) is 0 Å². The van der Waals surface area contributed by atoms with E-state index in [9.17, 15) is 0 Å². The number of rotatable bonds is 2. The first kappa shape index (κ1) is 9.86. The van der Waals surface area contributed by atoms with Crippen LogP contribution in [0.4, 0.5) is 0 Å². The van der Waals surface area contributed by atoms with Crippen molar-refractivity contribution < 1.29 is 8.85 Å². The fourth-order valence-corrected chi connectivity index (χ4v) is 6.79. The van der Waals surface area contributed by atoms with Crippen molar-refractivity contribution in [1.29, 1.82) is 0 Å². The first-order chi connectivity index (χ1) is 5.70. The minimum Gasteiger partial charge on any atom is -0.553 e. The van der Waals surface area contributed by atoms with Gasteiger partial charge in [-0.1, -0.05) is 0 Å². The molecule has 0 aromatic heterocycles. The summed E-state index contributed by atoms with van der Waals surface area (Å²) in [6.07, 6.45) is 0. The second-order valence-electron chi connectivity index (χ2n) is 3.00. The van der Waals surface area contributed by atoms with Crippen LogP contribution in [0, 0.1) is 0 Å². The Labute approximate surface area is 77.2 Å². The van der Waals surface area contributed by atoms with Crippen LogP contribution in [0.3, 0.4) is 0 Å². The molecule has 12 heavy (non-hydrogen) atoms. The quantitative estimate of drug-likeness (QED) is 0.615. The van der Waals surface area contributed by atoms with E-state index >= 15 is 0 Å². The third-order valence-corrected chi connectivity index (χ3v) is 8.04. The molecule has 1 aliphatic rings. The molecule has 1 rings (SSSR count). The summed E-state index contributed by atoms with van der Waals surface area (Å²) in [6.45, 7) is 4.41. The van der Waals surface area contributed by atoms with Gasteiger partial charge < -0.3 is 8.85 Å². The Kier molecular flexibility index (Phi) is 3.40. The summed E-state index contributed by atoms with van der Waals surface area (Å²) in [4.78, 5) is 0. The zero-order valence-corrected chi connectivity index (χ0v) is 10.2. The van der Waals surface area contributed by atoms with Crippen LogP contribution in [0.25, 0.3) is 0 Å². The zero-order chi connectivity index (χ0) is 9.14. The van der Waals surface area contributed by atoms with Gasteiger partial charge in [0.15, 0.2) is 0 Å². The lowest BCUT2D eigenvalue weighted by atomic mass is 10.4. The van der Waals surface area contributed by atoms with Crippen molar-refractivity contribution in [1.82, 2.24) is 0 Å². The van der Waals surface area contributed by atoms with E-state index < -0.39 is 17.3 Å². The maximum absolute atomic E-state index is 5.47. The third kappa shape index (κ3) is 1.74. The van der Waals surface area contributed by atoms with Crippen LogP contribution in [0.2, 0.25) is 12.1 Å². The molecule has 0 aromatic carbocycles. The van der Waals surface area contributed by atoms with Crippen molar-refractivity contribution >= 4 is 27.6 Å². The largest absolute Gasteiger partial charge is 0.553 e. The Hall–Kier alpha value is -0.226. The second-order valence-corrected chi connectivity index (χ2v) is 8.01. The molecule has 0 radical (unpaired) electrons. The fraction of sp³-hybridized carbons (Fsp3) is 0.750. The minimum atomic E-state index is -0.631. The van der Waals surface area contributed by atoms with Crippen molar-refractivity contribution in [2.45, 2.75) is 25.9 Å². The molecule has 0 bridgehead atoms. The summed E-state index contributed by atoms with van der Waals surface area (Å²) in [5.74, 6) is 0. The van der Waals surface area contributed by atoms with Gasteiger partial charge in [-0.15, -0.1) is 0 Å². The number of hydrogen-bond acceptors (Lipinski definition) is 2. The lowest BCUT2D eigenvalue weighted by Gasteiger charge is -2.18. The summed E-state index contributed by atoms with van der Waals surface area (Å²) < 4.78 is 10.9. The van der Waals surface area contributed by atoms with Crippen molar-refractivity contribution in [2.24, 2.45) is 0 Å². The maximum Gasteiger partial charge on any atom is 0.234 e. The van der Waals surface area contributed by atoms with Crippen LogP contribution in [-0.4, -0.2) is 41.9 Å². The normalized spacial score (nSPS) is 18.3. The van der Waals surface area contributed by atoms with Gasteiger partial charge in [-0.25, -0.2) is 0 Å². The molecule has 1 heterocycles. The van der Waals surface area contributed by atoms with Gasteiger partial charge in [0, 0.05) is 0 Å². The minimum absolute atomic E-state index is 0.631. The van der Waals surface area contributed by atoms with Crippen LogP contribution in [0.1, 0.15) is 13.8 Å². The van der Waals surface area contributed by atoms with E-state index in [-0.39, 0.29) is 0 Å². The van der Waals surface area contributed by atoms with Gasteiger partial charge in [-0.2, -0.15) is 0 Å². The Balaban J connectivity index is 2.96. The molecule has 0 spiro atoms. The summed E-state index contributed by atoms with van der Waals surface area (Å²) in [5.41, 5.74) is 0. The zero-order valence-electron chi connectivity index (χ0n) is 8.23. The van der Waals surface area contributed by atoms with E-state index in [1.165, 1.54) is 22.4 Å². The van der Waals surface area contributed by atoms with Gasteiger partial charge in [0.1, 0.15) is 0 Å². The molecular weight excluding hydrogens is 184 g/mol. The average molecular weight is 200 g/mol. The Morgan fingerprint density at radius 1 is 0.917 bits per heavy atom. The molecule has 68 valence electrons. The van der Waals surface area contributed by atoms with Crippen LogP contribution in [0.15, 0.2) is 0 Å². The van der Waals surface area contributed by atoms with E-state index in [1.54, 1.807) is 0 Å². The highest BCUT2D eigenvalue weighted by Gasteiger charge is 2.19. The van der Waals surface area contributed by atoms with Gasteiger partial charge in [0.2, 0.25) is 17.3 Å². The highest BCUT2D eigenvalue weighted by atomic mass is 28.3. The Morgan fingerprint density at radius 2 is 1.25 bits per heavy atom. The van der Waals surface area contributed by atoms with Crippen molar-refractivity contribution in [3.05, 3.63) is 0 Å². The predicted octanol–water partition coefficient (Wildman–Crippen LogP) is 0.824. The third-order valence-electron chi connectivity index (χ3n) is 2.47. The highest BCUT2D eigenvalue weighted by Crippen LogP contribution is 2.05. The molecule has 0 unspecified atom stereocenters. The van der Waals surface area contributed by atoms with Crippen molar-refractivity contribution in [3.8, 4) is 0 Å². The first-order valence-corrected chi connectivity index (χ1v) is 7.41. The van der Waals surface area contributed by atoms with Gasteiger partial charge >= 0.3 is 0 Å². The summed E-state index contributed by atoms with van der Waals surface area (Å²) in [6, 6.07) is 2.46.